The second kappa shape index (κ2) is 4.14. The smallest absolute Gasteiger partial charge is 0.120 e. The fraction of sp³-hybridized carbons (Fsp3) is 0.273. The van der Waals surface area contributed by atoms with Crippen molar-refractivity contribution in [1.82, 2.24) is 10.2 Å². The number of benzene rings is 1. The van der Waals surface area contributed by atoms with Crippen LogP contribution in [-0.4, -0.2) is 16.5 Å². The van der Waals surface area contributed by atoms with Gasteiger partial charge in [-0.3, -0.25) is 5.10 Å². The lowest BCUT2D eigenvalue weighted by molar-refractivity contribution is -0.108. The third-order valence-corrected chi connectivity index (χ3v) is 3.15. The Balaban J connectivity index is 2.45. The third kappa shape index (κ3) is 1.95. The Morgan fingerprint density at radius 1 is 1.60 bits per heavy atom. The van der Waals surface area contributed by atoms with Crippen LogP contribution in [0, 0.1) is 0 Å². The van der Waals surface area contributed by atoms with Gasteiger partial charge in [-0.15, -0.1) is 0 Å². The van der Waals surface area contributed by atoms with Crippen LogP contribution in [0.15, 0.2) is 22.8 Å². The van der Waals surface area contributed by atoms with Crippen molar-refractivity contribution in [1.29, 1.82) is 0 Å². The minimum atomic E-state index is 0.258. The van der Waals surface area contributed by atoms with Gasteiger partial charge in [0.25, 0.3) is 0 Å². The van der Waals surface area contributed by atoms with E-state index in [0.29, 0.717) is 6.42 Å². The number of H-pyrrole nitrogens is 1. The SMILES string of the molecule is CC(CC=O)c1ccc2n[nH]c(Br)c2c1. The summed E-state index contributed by atoms with van der Waals surface area (Å²) in [5, 5.41) is 8.06. The van der Waals surface area contributed by atoms with E-state index in [4.69, 9.17) is 0 Å². The first kappa shape index (κ1) is 10.4. The Kier molecular flexibility index (Phi) is 2.86. The number of carbonyl (C=O) groups is 1. The van der Waals surface area contributed by atoms with E-state index in [1.807, 2.05) is 19.1 Å². The topological polar surface area (TPSA) is 45.8 Å². The summed E-state index contributed by atoms with van der Waals surface area (Å²) in [6, 6.07) is 6.05. The van der Waals surface area contributed by atoms with E-state index in [2.05, 4.69) is 32.2 Å². The van der Waals surface area contributed by atoms with Crippen molar-refractivity contribution in [2.45, 2.75) is 19.3 Å². The van der Waals surface area contributed by atoms with E-state index in [0.717, 1.165) is 27.4 Å². The molecule has 0 fully saturated rings. The third-order valence-electron chi connectivity index (χ3n) is 2.55. The zero-order valence-electron chi connectivity index (χ0n) is 8.33. The molecular weight excluding hydrogens is 256 g/mol. The molecule has 0 spiro atoms. The number of rotatable bonds is 3. The summed E-state index contributed by atoms with van der Waals surface area (Å²) < 4.78 is 0.887. The largest absolute Gasteiger partial charge is 0.303 e. The highest BCUT2D eigenvalue weighted by Crippen LogP contribution is 2.26. The number of aromatic amines is 1. The van der Waals surface area contributed by atoms with Gasteiger partial charge in [-0.1, -0.05) is 13.0 Å². The molecule has 0 bridgehead atoms. The molecule has 4 heteroatoms. The summed E-state index contributed by atoms with van der Waals surface area (Å²) in [7, 11) is 0. The van der Waals surface area contributed by atoms with Gasteiger partial charge < -0.3 is 4.79 Å². The van der Waals surface area contributed by atoms with Gasteiger partial charge in [0.15, 0.2) is 0 Å². The van der Waals surface area contributed by atoms with Crippen LogP contribution in [0.5, 0.6) is 0 Å². The number of aldehydes is 1. The average Bonchev–Trinajstić information content (AvgIpc) is 2.60. The molecule has 0 saturated carbocycles. The summed E-state index contributed by atoms with van der Waals surface area (Å²) in [5.41, 5.74) is 2.10. The van der Waals surface area contributed by atoms with Gasteiger partial charge in [0.05, 0.1) is 5.52 Å². The first-order valence-corrected chi connectivity index (χ1v) is 5.59. The van der Waals surface area contributed by atoms with Crippen LogP contribution in [0.4, 0.5) is 0 Å². The van der Waals surface area contributed by atoms with Crippen molar-refractivity contribution in [3.8, 4) is 0 Å². The molecule has 0 radical (unpaired) electrons. The van der Waals surface area contributed by atoms with E-state index >= 15 is 0 Å². The number of carbonyl (C=O) groups excluding carboxylic acids is 1. The Bertz CT molecular complexity index is 492. The molecular formula is C11H11BrN2O. The molecule has 2 aromatic rings. The second-order valence-electron chi connectivity index (χ2n) is 3.62. The number of halogens is 1. The highest BCUT2D eigenvalue weighted by molar-refractivity contribution is 9.10. The standard InChI is InChI=1S/C11H11BrN2O/c1-7(4-5-15)8-2-3-10-9(6-8)11(12)14-13-10/h2-3,5-7H,4H2,1H3,(H,13,14). The average molecular weight is 267 g/mol. The Morgan fingerprint density at radius 2 is 2.40 bits per heavy atom. The summed E-state index contributed by atoms with van der Waals surface area (Å²) in [6.07, 6.45) is 1.51. The molecule has 3 nitrogen and oxygen atoms in total. The fourth-order valence-electron chi connectivity index (χ4n) is 1.58. The summed E-state index contributed by atoms with van der Waals surface area (Å²) >= 11 is 3.40. The molecule has 0 aliphatic heterocycles. The number of aromatic nitrogens is 2. The molecule has 78 valence electrons. The van der Waals surface area contributed by atoms with Crippen molar-refractivity contribution in [2.75, 3.05) is 0 Å². The van der Waals surface area contributed by atoms with Gasteiger partial charge in [-0.2, -0.15) is 5.10 Å². The molecule has 0 amide bonds. The fourth-order valence-corrected chi connectivity index (χ4v) is 1.99. The van der Waals surface area contributed by atoms with Crippen LogP contribution in [0.25, 0.3) is 10.9 Å². The highest BCUT2D eigenvalue weighted by Gasteiger charge is 2.08. The van der Waals surface area contributed by atoms with Crippen molar-refractivity contribution >= 4 is 33.1 Å². The summed E-state index contributed by atoms with van der Waals surface area (Å²) in [5.74, 6) is 0.258. The number of hydrogen-bond acceptors (Lipinski definition) is 2. The molecule has 1 N–H and O–H groups in total. The van der Waals surface area contributed by atoms with Crippen molar-refractivity contribution in [3.05, 3.63) is 28.4 Å². The van der Waals surface area contributed by atoms with Gasteiger partial charge in [0.1, 0.15) is 10.9 Å². The van der Waals surface area contributed by atoms with Gasteiger partial charge >= 0.3 is 0 Å². The zero-order valence-corrected chi connectivity index (χ0v) is 9.91. The van der Waals surface area contributed by atoms with Gasteiger partial charge in [-0.05, 0) is 39.5 Å². The molecule has 1 unspecified atom stereocenters. The number of hydrogen-bond donors (Lipinski definition) is 1. The predicted molar refractivity (Wildman–Crippen MR) is 62.9 cm³/mol. The maximum absolute atomic E-state index is 10.4. The summed E-state index contributed by atoms with van der Waals surface area (Å²) in [4.78, 5) is 10.4. The van der Waals surface area contributed by atoms with Crippen LogP contribution in [0.3, 0.4) is 0 Å². The van der Waals surface area contributed by atoms with Crippen LogP contribution in [-0.2, 0) is 4.79 Å². The molecule has 1 aromatic carbocycles. The number of nitrogens with zero attached hydrogens (tertiary/aromatic N) is 1. The molecule has 1 heterocycles. The van der Waals surface area contributed by atoms with Crippen molar-refractivity contribution in [2.24, 2.45) is 0 Å². The minimum Gasteiger partial charge on any atom is -0.303 e. The lowest BCUT2D eigenvalue weighted by Gasteiger charge is -2.07. The predicted octanol–water partition coefficient (Wildman–Crippen LogP) is 3.02. The first-order chi connectivity index (χ1) is 7.22. The van der Waals surface area contributed by atoms with Crippen LogP contribution >= 0.6 is 15.9 Å². The number of nitrogens with one attached hydrogen (secondary N) is 1. The lowest BCUT2D eigenvalue weighted by atomic mass is 9.97. The lowest BCUT2D eigenvalue weighted by Crippen LogP contribution is -1.93. The highest BCUT2D eigenvalue weighted by atomic mass is 79.9. The van der Waals surface area contributed by atoms with Crippen molar-refractivity contribution in [3.63, 3.8) is 0 Å². The van der Waals surface area contributed by atoms with Gasteiger partial charge in [0, 0.05) is 11.8 Å². The molecule has 15 heavy (non-hydrogen) atoms. The maximum atomic E-state index is 10.4. The van der Waals surface area contributed by atoms with Gasteiger partial charge in [0.2, 0.25) is 0 Å². The molecule has 0 saturated heterocycles. The molecule has 1 aromatic heterocycles. The Morgan fingerprint density at radius 3 is 3.13 bits per heavy atom. The van der Waals surface area contributed by atoms with E-state index in [1.165, 1.54) is 0 Å². The van der Waals surface area contributed by atoms with E-state index in [-0.39, 0.29) is 5.92 Å². The molecule has 1 atom stereocenters. The van der Waals surface area contributed by atoms with Crippen LogP contribution in [0.1, 0.15) is 24.8 Å². The normalized spacial score (nSPS) is 12.9. The van der Waals surface area contributed by atoms with Crippen molar-refractivity contribution < 1.29 is 4.79 Å². The van der Waals surface area contributed by atoms with Crippen LogP contribution in [0.2, 0.25) is 0 Å². The van der Waals surface area contributed by atoms with Gasteiger partial charge in [-0.25, -0.2) is 0 Å². The first-order valence-electron chi connectivity index (χ1n) is 4.79. The van der Waals surface area contributed by atoms with E-state index < -0.39 is 0 Å². The quantitative estimate of drug-likeness (QED) is 0.869. The second-order valence-corrected chi connectivity index (χ2v) is 4.41. The van der Waals surface area contributed by atoms with Crippen LogP contribution < -0.4 is 0 Å². The molecule has 0 aliphatic rings. The number of fused-ring (bicyclic) bond motifs is 1. The Hall–Kier alpha value is -1.16. The Labute approximate surface area is 96.0 Å². The minimum absolute atomic E-state index is 0.258. The monoisotopic (exact) mass is 266 g/mol. The maximum Gasteiger partial charge on any atom is 0.120 e. The summed E-state index contributed by atoms with van der Waals surface area (Å²) in [6.45, 7) is 2.05. The van der Waals surface area contributed by atoms with E-state index in [1.54, 1.807) is 0 Å². The zero-order chi connectivity index (χ0) is 10.8. The molecule has 0 aliphatic carbocycles. The molecule has 2 rings (SSSR count). The van der Waals surface area contributed by atoms with E-state index in [9.17, 15) is 4.79 Å².